The van der Waals surface area contributed by atoms with Crippen molar-refractivity contribution >= 4 is 24.8 Å². The third-order valence-electron chi connectivity index (χ3n) is 1.32. The molecule has 3 N–H and O–H groups in total. The number of nitrogens with two attached hydrogens (primary N) is 1. The van der Waals surface area contributed by atoms with E-state index in [1.54, 1.807) is 18.6 Å². The van der Waals surface area contributed by atoms with Crippen LogP contribution in [0.2, 0.25) is 0 Å². The van der Waals surface area contributed by atoms with Crippen LogP contribution in [0.25, 0.3) is 0 Å². The molecule has 0 aromatic carbocycles. The summed E-state index contributed by atoms with van der Waals surface area (Å²) in [5.41, 5.74) is 6.30. The maximum atomic E-state index is 8.62. The zero-order valence-electron chi connectivity index (χ0n) is 6.96. The van der Waals surface area contributed by atoms with Crippen LogP contribution in [0.15, 0.2) is 18.6 Å². The Morgan fingerprint density at radius 1 is 1.38 bits per heavy atom. The fourth-order valence-electron chi connectivity index (χ4n) is 0.769. The van der Waals surface area contributed by atoms with Crippen molar-refractivity contribution in [1.82, 2.24) is 9.97 Å². The number of rotatable bonds is 3. The monoisotopic (exact) mass is 225 g/mol. The second-order valence-electron chi connectivity index (χ2n) is 2.34. The van der Waals surface area contributed by atoms with E-state index >= 15 is 0 Å². The molecule has 0 unspecified atom stereocenters. The number of aliphatic hydroxyl groups is 1. The van der Waals surface area contributed by atoms with E-state index in [1.165, 1.54) is 0 Å². The summed E-state index contributed by atoms with van der Waals surface area (Å²) in [6.45, 7) is -0.0173. The highest BCUT2D eigenvalue weighted by Gasteiger charge is 2.01. The van der Waals surface area contributed by atoms with E-state index < -0.39 is 0 Å². The zero-order valence-corrected chi connectivity index (χ0v) is 8.59. The predicted octanol–water partition coefficient (Wildman–Crippen LogP) is 0.182. The van der Waals surface area contributed by atoms with Crippen molar-refractivity contribution in [3.8, 4) is 0 Å². The quantitative estimate of drug-likeness (QED) is 0.771. The molecular weight excluding hydrogens is 213 g/mol. The molecule has 0 aliphatic heterocycles. The molecule has 0 saturated carbocycles. The molecule has 1 rings (SSSR count). The highest BCUT2D eigenvalue weighted by atomic mass is 35.5. The van der Waals surface area contributed by atoms with Crippen molar-refractivity contribution in [3.63, 3.8) is 0 Å². The van der Waals surface area contributed by atoms with Crippen molar-refractivity contribution < 1.29 is 5.11 Å². The lowest BCUT2D eigenvalue weighted by Gasteiger charge is -2.05. The first-order valence-electron chi connectivity index (χ1n) is 3.44. The van der Waals surface area contributed by atoms with Crippen LogP contribution in [0.3, 0.4) is 0 Å². The second kappa shape index (κ2) is 8.19. The number of aromatic nitrogens is 2. The van der Waals surface area contributed by atoms with Gasteiger partial charge >= 0.3 is 0 Å². The summed E-state index contributed by atoms with van der Waals surface area (Å²) in [6.07, 6.45) is 5.44. The molecule has 0 aliphatic rings. The highest BCUT2D eigenvalue weighted by molar-refractivity contribution is 5.85. The van der Waals surface area contributed by atoms with Crippen LogP contribution in [0.5, 0.6) is 0 Å². The minimum absolute atomic E-state index is 0. The van der Waals surface area contributed by atoms with Gasteiger partial charge in [-0.05, 0) is 0 Å². The molecule has 0 radical (unpaired) electrons. The molecule has 0 spiro atoms. The Balaban J connectivity index is 0. The first-order chi connectivity index (χ1) is 5.33. The lowest BCUT2D eigenvalue weighted by atomic mass is 10.2. The summed E-state index contributed by atoms with van der Waals surface area (Å²) >= 11 is 0. The third-order valence-corrected chi connectivity index (χ3v) is 1.32. The number of aliphatic hydroxyl groups excluding tert-OH is 1. The van der Waals surface area contributed by atoms with E-state index in [0.717, 1.165) is 5.69 Å². The number of hydrogen-bond donors (Lipinski definition) is 2. The van der Waals surface area contributed by atoms with Gasteiger partial charge in [-0.25, -0.2) is 0 Å². The van der Waals surface area contributed by atoms with Gasteiger partial charge in [-0.3, -0.25) is 9.97 Å². The van der Waals surface area contributed by atoms with Crippen molar-refractivity contribution in [2.75, 3.05) is 6.61 Å². The number of hydrogen-bond acceptors (Lipinski definition) is 4. The van der Waals surface area contributed by atoms with Gasteiger partial charge in [0.25, 0.3) is 0 Å². The van der Waals surface area contributed by atoms with Gasteiger partial charge in [0.05, 0.1) is 12.3 Å². The van der Waals surface area contributed by atoms with E-state index in [4.69, 9.17) is 10.8 Å². The van der Waals surface area contributed by atoms with Crippen molar-refractivity contribution in [1.29, 1.82) is 0 Å². The molecule has 0 bridgehead atoms. The Hall–Kier alpha value is -0.420. The first kappa shape index (κ1) is 15.1. The van der Waals surface area contributed by atoms with Gasteiger partial charge < -0.3 is 10.8 Å². The lowest BCUT2D eigenvalue weighted by Crippen LogP contribution is -2.27. The van der Waals surface area contributed by atoms with Gasteiger partial charge in [-0.15, -0.1) is 24.8 Å². The molecule has 4 nitrogen and oxygen atoms in total. The Morgan fingerprint density at radius 3 is 2.54 bits per heavy atom. The van der Waals surface area contributed by atoms with Crippen molar-refractivity contribution in [3.05, 3.63) is 24.3 Å². The van der Waals surface area contributed by atoms with Gasteiger partial charge in [-0.1, -0.05) is 0 Å². The molecule has 76 valence electrons. The molecule has 13 heavy (non-hydrogen) atoms. The SMILES string of the molecule is Cl.Cl.N[C@H](CO)Cc1cnccn1. The van der Waals surface area contributed by atoms with Crippen LogP contribution in [0.4, 0.5) is 0 Å². The molecule has 0 saturated heterocycles. The van der Waals surface area contributed by atoms with Crippen LogP contribution in [-0.4, -0.2) is 27.7 Å². The summed E-state index contributed by atoms with van der Waals surface area (Å²) in [7, 11) is 0. The third kappa shape index (κ3) is 5.76. The summed E-state index contributed by atoms with van der Waals surface area (Å²) < 4.78 is 0. The molecule has 1 aromatic rings. The molecular formula is C7H13Cl2N3O. The number of nitrogens with zero attached hydrogens (tertiary/aromatic N) is 2. The topological polar surface area (TPSA) is 72.0 Å². The average Bonchev–Trinajstić information content (AvgIpc) is 2.06. The summed E-state index contributed by atoms with van der Waals surface area (Å²) in [5, 5.41) is 8.62. The molecule has 0 aliphatic carbocycles. The molecule has 1 heterocycles. The molecule has 0 fully saturated rings. The van der Waals surface area contributed by atoms with Gasteiger partial charge in [0, 0.05) is 31.1 Å². The van der Waals surface area contributed by atoms with E-state index in [0.29, 0.717) is 6.42 Å². The molecule has 1 aromatic heterocycles. The van der Waals surface area contributed by atoms with Crippen LogP contribution in [-0.2, 0) is 6.42 Å². The standard InChI is InChI=1S/C7H11N3O.2ClH/c8-6(5-11)3-7-4-9-1-2-10-7;;/h1-2,4,6,11H,3,5,8H2;2*1H/t6-;;/m0../s1. The van der Waals surface area contributed by atoms with Crippen LogP contribution >= 0.6 is 24.8 Å². The van der Waals surface area contributed by atoms with Crippen LogP contribution < -0.4 is 5.73 Å². The van der Waals surface area contributed by atoms with E-state index in [2.05, 4.69) is 9.97 Å². The van der Waals surface area contributed by atoms with Gasteiger partial charge in [0.1, 0.15) is 0 Å². The Labute approximate surface area is 89.4 Å². The van der Waals surface area contributed by atoms with Gasteiger partial charge in [0.15, 0.2) is 0 Å². The lowest BCUT2D eigenvalue weighted by molar-refractivity contribution is 0.264. The molecule has 6 heteroatoms. The van der Waals surface area contributed by atoms with Crippen molar-refractivity contribution in [2.24, 2.45) is 5.73 Å². The zero-order chi connectivity index (χ0) is 8.10. The highest BCUT2D eigenvalue weighted by Crippen LogP contribution is 1.93. The number of halogens is 2. The average molecular weight is 226 g/mol. The fraction of sp³-hybridized carbons (Fsp3) is 0.429. The molecule has 1 atom stereocenters. The minimum Gasteiger partial charge on any atom is -0.395 e. The van der Waals surface area contributed by atoms with E-state index in [-0.39, 0.29) is 37.5 Å². The normalized spacial score (nSPS) is 10.9. The second-order valence-corrected chi connectivity index (χ2v) is 2.34. The molecule has 0 amide bonds. The maximum absolute atomic E-state index is 8.62. The van der Waals surface area contributed by atoms with E-state index in [9.17, 15) is 0 Å². The minimum atomic E-state index is -0.230. The first-order valence-corrected chi connectivity index (χ1v) is 3.44. The van der Waals surface area contributed by atoms with Gasteiger partial charge in [0.2, 0.25) is 0 Å². The Kier molecular flexibility index (Phi) is 9.50. The fourth-order valence-corrected chi connectivity index (χ4v) is 0.769. The largest absolute Gasteiger partial charge is 0.395 e. The van der Waals surface area contributed by atoms with Crippen LogP contribution in [0.1, 0.15) is 5.69 Å². The van der Waals surface area contributed by atoms with Crippen LogP contribution in [0, 0.1) is 0 Å². The van der Waals surface area contributed by atoms with E-state index in [1.807, 2.05) is 0 Å². The smallest absolute Gasteiger partial charge is 0.0602 e. The maximum Gasteiger partial charge on any atom is 0.0602 e. The predicted molar refractivity (Wildman–Crippen MR) is 55.3 cm³/mol. The summed E-state index contributed by atoms with van der Waals surface area (Å²) in [5.74, 6) is 0. The summed E-state index contributed by atoms with van der Waals surface area (Å²) in [6, 6.07) is -0.230. The van der Waals surface area contributed by atoms with Crippen molar-refractivity contribution in [2.45, 2.75) is 12.5 Å². The Bertz CT molecular complexity index is 210. The summed E-state index contributed by atoms with van der Waals surface area (Å²) in [4.78, 5) is 7.89. The van der Waals surface area contributed by atoms with Gasteiger partial charge in [-0.2, -0.15) is 0 Å². The Morgan fingerprint density at radius 2 is 2.08 bits per heavy atom.